The fourth-order valence-corrected chi connectivity index (χ4v) is 4.04. The molecule has 2 heteroatoms. The Kier molecular flexibility index (Phi) is 6.88. The van der Waals surface area contributed by atoms with Gasteiger partial charge < -0.3 is 5.32 Å². The Morgan fingerprint density at radius 3 is 2.46 bits per heavy atom. The van der Waals surface area contributed by atoms with Crippen LogP contribution >= 0.6 is 0 Å². The maximum Gasteiger partial charge on any atom is 0.255 e. The summed E-state index contributed by atoms with van der Waals surface area (Å²) < 4.78 is 0. The largest absolute Gasteiger partial charge is 0.321 e. The van der Waals surface area contributed by atoms with Crippen molar-refractivity contribution in [3.63, 3.8) is 0 Å². The third-order valence-electron chi connectivity index (χ3n) is 5.66. The molecule has 0 atom stereocenters. The van der Waals surface area contributed by atoms with Crippen LogP contribution in [0.4, 0.5) is 5.69 Å². The summed E-state index contributed by atoms with van der Waals surface area (Å²) in [6, 6.07) is 18.7. The summed E-state index contributed by atoms with van der Waals surface area (Å²) in [4.78, 5) is 12.3. The van der Waals surface area contributed by atoms with Crippen LogP contribution in [0.2, 0.25) is 0 Å². The van der Waals surface area contributed by atoms with Gasteiger partial charge in [-0.05, 0) is 61.3 Å². The predicted octanol–water partition coefficient (Wildman–Crippen LogP) is 6.59. The van der Waals surface area contributed by atoms with Gasteiger partial charge in [-0.2, -0.15) is 0 Å². The molecule has 0 bridgehead atoms. The average Bonchev–Trinajstić information content (AvgIpc) is 2.70. The molecule has 3 rings (SSSR count). The summed E-state index contributed by atoms with van der Waals surface area (Å²) in [5.41, 5.74) is 2.81. The number of hydrogen-bond acceptors (Lipinski definition) is 1. The summed E-state index contributed by atoms with van der Waals surface area (Å²) in [5.74, 6) is 1.53. The Balaban J connectivity index is 1.51. The molecular formula is C24H30NO. The Morgan fingerprint density at radius 1 is 1.04 bits per heavy atom. The molecule has 0 aromatic heterocycles. The minimum absolute atomic E-state index is 0.0707. The average molecular weight is 349 g/mol. The number of hydrogen-bond donors (Lipinski definition) is 1. The number of benzene rings is 2. The molecule has 2 aromatic carbocycles. The van der Waals surface area contributed by atoms with E-state index in [1.54, 1.807) is 6.07 Å². The van der Waals surface area contributed by atoms with Crippen molar-refractivity contribution < 1.29 is 4.79 Å². The smallest absolute Gasteiger partial charge is 0.255 e. The van der Waals surface area contributed by atoms with Crippen molar-refractivity contribution >= 4 is 11.6 Å². The van der Waals surface area contributed by atoms with Crippen molar-refractivity contribution in [2.24, 2.45) is 5.92 Å². The highest BCUT2D eigenvalue weighted by Gasteiger charge is 2.22. The molecule has 26 heavy (non-hydrogen) atoms. The molecule has 1 N–H and O–H groups in total. The highest BCUT2D eigenvalue weighted by molar-refractivity contribution is 6.04. The lowest BCUT2D eigenvalue weighted by Crippen LogP contribution is -2.14. The molecule has 0 aliphatic heterocycles. The van der Waals surface area contributed by atoms with Gasteiger partial charge in [0.2, 0.25) is 0 Å². The van der Waals surface area contributed by atoms with E-state index in [2.05, 4.69) is 30.4 Å². The van der Waals surface area contributed by atoms with Crippen LogP contribution in [0.5, 0.6) is 0 Å². The molecule has 137 valence electrons. The molecule has 0 spiro atoms. The predicted molar refractivity (Wildman–Crippen MR) is 109 cm³/mol. The number of anilines is 1. The third kappa shape index (κ3) is 5.20. The minimum Gasteiger partial charge on any atom is -0.321 e. The minimum atomic E-state index is -0.0707. The topological polar surface area (TPSA) is 29.1 Å². The number of carbonyl (C=O) groups excluding carboxylic acids is 1. The van der Waals surface area contributed by atoms with Crippen molar-refractivity contribution in [1.29, 1.82) is 0 Å². The van der Waals surface area contributed by atoms with Crippen LogP contribution in [-0.4, -0.2) is 5.91 Å². The molecule has 1 aliphatic carbocycles. The Hall–Kier alpha value is -2.09. The van der Waals surface area contributed by atoms with Gasteiger partial charge in [0.05, 0.1) is 0 Å². The normalized spacial score (nSPS) is 19.9. The summed E-state index contributed by atoms with van der Waals surface area (Å²) in [7, 11) is 0. The number of carbonyl (C=O) groups is 1. The van der Waals surface area contributed by atoms with Gasteiger partial charge in [0.25, 0.3) is 5.91 Å². The maximum absolute atomic E-state index is 12.3. The van der Waals surface area contributed by atoms with Crippen LogP contribution < -0.4 is 5.32 Å². The van der Waals surface area contributed by atoms with Gasteiger partial charge in [-0.1, -0.05) is 62.9 Å². The quantitative estimate of drug-likeness (QED) is 0.562. The van der Waals surface area contributed by atoms with Crippen molar-refractivity contribution in [3.8, 4) is 0 Å². The highest BCUT2D eigenvalue weighted by Crippen LogP contribution is 2.37. The first-order valence-corrected chi connectivity index (χ1v) is 10.1. The molecule has 2 nitrogen and oxygen atoms in total. The molecule has 1 fully saturated rings. The van der Waals surface area contributed by atoms with Crippen LogP contribution in [0.25, 0.3) is 0 Å². The molecule has 1 saturated carbocycles. The number of nitrogens with one attached hydrogen (secondary N) is 1. The van der Waals surface area contributed by atoms with Gasteiger partial charge in [-0.25, -0.2) is 0 Å². The number of para-hydroxylation sites is 1. The zero-order valence-corrected chi connectivity index (χ0v) is 15.8. The van der Waals surface area contributed by atoms with E-state index >= 15 is 0 Å². The lowest BCUT2D eigenvalue weighted by atomic mass is 9.77. The second-order valence-corrected chi connectivity index (χ2v) is 7.57. The van der Waals surface area contributed by atoms with Gasteiger partial charge in [-0.15, -0.1) is 0 Å². The fraction of sp³-hybridized carbons (Fsp3) is 0.458. The Morgan fingerprint density at radius 2 is 1.81 bits per heavy atom. The van der Waals surface area contributed by atoms with Gasteiger partial charge in [-0.3, -0.25) is 4.79 Å². The monoisotopic (exact) mass is 348 g/mol. The van der Waals surface area contributed by atoms with Crippen molar-refractivity contribution in [3.05, 3.63) is 65.7 Å². The molecule has 0 unspecified atom stereocenters. The van der Waals surface area contributed by atoms with E-state index in [9.17, 15) is 4.79 Å². The number of rotatable bonds is 7. The molecule has 0 saturated heterocycles. The Bertz CT molecular complexity index is 669. The summed E-state index contributed by atoms with van der Waals surface area (Å²) >= 11 is 0. The first kappa shape index (κ1) is 18.7. The second kappa shape index (κ2) is 9.56. The second-order valence-electron chi connectivity index (χ2n) is 7.57. The summed E-state index contributed by atoms with van der Waals surface area (Å²) in [6.07, 6.45) is 10.8. The van der Waals surface area contributed by atoms with Crippen molar-refractivity contribution in [2.75, 3.05) is 5.32 Å². The van der Waals surface area contributed by atoms with Gasteiger partial charge in [0.15, 0.2) is 0 Å². The Labute approximate surface area is 158 Å². The zero-order chi connectivity index (χ0) is 18.2. The third-order valence-corrected chi connectivity index (χ3v) is 5.66. The van der Waals surface area contributed by atoms with E-state index < -0.39 is 0 Å². The van der Waals surface area contributed by atoms with E-state index in [-0.39, 0.29) is 5.91 Å². The first-order valence-electron chi connectivity index (χ1n) is 10.1. The molecule has 0 heterocycles. The molecular weight excluding hydrogens is 318 g/mol. The van der Waals surface area contributed by atoms with Crippen LogP contribution in [0.1, 0.15) is 80.1 Å². The van der Waals surface area contributed by atoms with E-state index in [1.807, 2.05) is 30.3 Å². The van der Waals surface area contributed by atoms with Crippen molar-refractivity contribution in [2.45, 2.75) is 64.2 Å². The molecule has 2 aromatic rings. The van der Waals surface area contributed by atoms with Gasteiger partial charge in [0, 0.05) is 17.3 Å². The summed E-state index contributed by atoms with van der Waals surface area (Å²) in [6.45, 7) is 2.28. The molecule has 1 aliphatic rings. The molecule has 1 amide bonds. The zero-order valence-electron chi connectivity index (χ0n) is 15.8. The van der Waals surface area contributed by atoms with Crippen LogP contribution in [-0.2, 0) is 0 Å². The van der Waals surface area contributed by atoms with Gasteiger partial charge >= 0.3 is 0 Å². The fourth-order valence-electron chi connectivity index (χ4n) is 4.04. The van der Waals surface area contributed by atoms with Gasteiger partial charge in [0.1, 0.15) is 0 Å². The maximum atomic E-state index is 12.3. The highest BCUT2D eigenvalue weighted by atomic mass is 16.1. The van der Waals surface area contributed by atoms with E-state index in [0.717, 1.165) is 5.92 Å². The molecule has 1 radical (unpaired) electrons. The summed E-state index contributed by atoms with van der Waals surface area (Å²) in [5, 5.41) is 2.89. The SMILES string of the molecule is CCCCCC1CCC(c2ccc(C(=O)Nc3[c]cccc3)cc2)CC1. The van der Waals surface area contributed by atoms with E-state index in [1.165, 1.54) is 56.9 Å². The van der Waals surface area contributed by atoms with Crippen LogP contribution in [0.15, 0.2) is 48.5 Å². The van der Waals surface area contributed by atoms with Crippen molar-refractivity contribution in [1.82, 2.24) is 0 Å². The van der Waals surface area contributed by atoms with E-state index in [4.69, 9.17) is 0 Å². The standard InChI is InChI=1S/C24H30NO/c1-2-3-5-8-19-11-13-20(14-12-19)21-15-17-22(18-16-21)24(26)25-23-9-6-4-7-10-23/h4,6-7,9,15-20H,2-3,5,8,11-14H2,1H3,(H,25,26). The van der Waals surface area contributed by atoms with Crippen LogP contribution in [0, 0.1) is 12.0 Å². The number of unbranched alkanes of at least 4 members (excludes halogenated alkanes) is 2. The van der Waals surface area contributed by atoms with Crippen LogP contribution in [0.3, 0.4) is 0 Å². The first-order chi connectivity index (χ1) is 12.8. The lowest BCUT2D eigenvalue weighted by molar-refractivity contribution is 0.102. The van der Waals surface area contributed by atoms with E-state index in [0.29, 0.717) is 17.2 Å². The lowest BCUT2D eigenvalue weighted by Gasteiger charge is -2.29. The number of amides is 1.